The van der Waals surface area contributed by atoms with Gasteiger partial charge < -0.3 is 4.74 Å². The zero-order chi connectivity index (χ0) is 7.40. The summed E-state index contributed by atoms with van der Waals surface area (Å²) in [4.78, 5) is 5.32. The predicted molar refractivity (Wildman–Crippen MR) is 42.2 cm³/mol. The third kappa shape index (κ3) is 2.08. The molecule has 0 aliphatic rings. The Morgan fingerprint density at radius 2 is 2.50 bits per heavy atom. The van der Waals surface area contributed by atoms with Gasteiger partial charge in [-0.05, 0) is 13.8 Å². The van der Waals surface area contributed by atoms with Crippen LogP contribution in [0.15, 0.2) is 6.20 Å². The van der Waals surface area contributed by atoms with Gasteiger partial charge in [-0.15, -0.1) is 11.3 Å². The van der Waals surface area contributed by atoms with Gasteiger partial charge in [-0.25, -0.2) is 4.98 Å². The van der Waals surface area contributed by atoms with Crippen LogP contribution in [0, 0.1) is 6.92 Å². The van der Waals surface area contributed by atoms with Crippen LogP contribution in [0.3, 0.4) is 0 Å². The largest absolute Gasteiger partial charge is 0.376 e. The van der Waals surface area contributed by atoms with Crippen LogP contribution < -0.4 is 0 Å². The Morgan fingerprint density at radius 3 is 3.00 bits per heavy atom. The van der Waals surface area contributed by atoms with E-state index in [1.165, 1.54) is 4.88 Å². The molecule has 1 heterocycles. The van der Waals surface area contributed by atoms with Gasteiger partial charge >= 0.3 is 0 Å². The average Bonchev–Trinajstić information content (AvgIpc) is 2.31. The number of thiazole rings is 1. The predicted octanol–water partition coefficient (Wildman–Crippen LogP) is 1.99. The first kappa shape index (κ1) is 7.69. The molecule has 0 N–H and O–H groups in total. The number of hydrogen-bond donors (Lipinski definition) is 0. The van der Waals surface area contributed by atoms with E-state index in [0.29, 0.717) is 6.61 Å². The Hall–Kier alpha value is -0.410. The van der Waals surface area contributed by atoms with Crippen LogP contribution in [0.1, 0.15) is 16.8 Å². The molecule has 0 saturated heterocycles. The number of aryl methyl sites for hydroxylation is 1. The summed E-state index contributed by atoms with van der Waals surface area (Å²) >= 11 is 1.69. The van der Waals surface area contributed by atoms with Crippen molar-refractivity contribution in [1.29, 1.82) is 0 Å². The lowest BCUT2D eigenvalue weighted by Gasteiger charge is -1.93. The van der Waals surface area contributed by atoms with Crippen molar-refractivity contribution in [2.45, 2.75) is 20.5 Å². The minimum atomic E-state index is 0.710. The van der Waals surface area contributed by atoms with Crippen LogP contribution in [0.2, 0.25) is 0 Å². The second kappa shape index (κ2) is 3.68. The highest BCUT2D eigenvalue weighted by Gasteiger charge is 1.95. The molecule has 2 nitrogen and oxygen atoms in total. The highest BCUT2D eigenvalue weighted by Crippen LogP contribution is 2.11. The van der Waals surface area contributed by atoms with Crippen molar-refractivity contribution in [1.82, 2.24) is 4.98 Å². The van der Waals surface area contributed by atoms with E-state index in [0.717, 1.165) is 11.6 Å². The zero-order valence-electron chi connectivity index (χ0n) is 6.26. The van der Waals surface area contributed by atoms with E-state index in [-0.39, 0.29) is 0 Å². The van der Waals surface area contributed by atoms with Gasteiger partial charge in [-0.1, -0.05) is 0 Å². The SMILES string of the molecule is CCOCc1cnc(C)s1. The standard InChI is InChI=1S/C7H11NOS/c1-3-9-5-7-4-8-6(2)10-7/h4H,3,5H2,1-2H3. The summed E-state index contributed by atoms with van der Waals surface area (Å²) in [5.41, 5.74) is 0. The van der Waals surface area contributed by atoms with Crippen molar-refractivity contribution >= 4 is 11.3 Å². The summed E-state index contributed by atoms with van der Waals surface area (Å²) in [6.07, 6.45) is 1.87. The summed E-state index contributed by atoms with van der Waals surface area (Å²) < 4.78 is 5.20. The second-order valence-electron chi connectivity index (χ2n) is 1.98. The van der Waals surface area contributed by atoms with Gasteiger partial charge in [0.05, 0.1) is 16.5 Å². The molecule has 3 heteroatoms. The van der Waals surface area contributed by atoms with Gasteiger partial charge in [-0.3, -0.25) is 0 Å². The van der Waals surface area contributed by atoms with Gasteiger partial charge in [0.25, 0.3) is 0 Å². The molecule has 1 rings (SSSR count). The summed E-state index contributed by atoms with van der Waals surface area (Å²) in [5, 5.41) is 1.11. The molecule has 0 aromatic carbocycles. The first-order valence-corrected chi connectivity index (χ1v) is 4.13. The highest BCUT2D eigenvalue weighted by molar-refractivity contribution is 7.11. The normalized spacial score (nSPS) is 10.2. The summed E-state index contributed by atoms with van der Waals surface area (Å²) in [6.45, 7) is 5.48. The van der Waals surface area contributed by atoms with Gasteiger partial charge in [0.15, 0.2) is 0 Å². The number of hydrogen-bond acceptors (Lipinski definition) is 3. The minimum absolute atomic E-state index is 0.710. The quantitative estimate of drug-likeness (QED) is 0.669. The molecule has 0 unspecified atom stereocenters. The molecule has 0 atom stereocenters. The van der Waals surface area contributed by atoms with E-state index in [1.54, 1.807) is 11.3 Å². The maximum atomic E-state index is 5.20. The monoisotopic (exact) mass is 157 g/mol. The average molecular weight is 157 g/mol. The molecule has 56 valence electrons. The van der Waals surface area contributed by atoms with Crippen LogP contribution >= 0.6 is 11.3 Å². The minimum Gasteiger partial charge on any atom is -0.376 e. The fraction of sp³-hybridized carbons (Fsp3) is 0.571. The van der Waals surface area contributed by atoms with Crippen LogP contribution in [-0.2, 0) is 11.3 Å². The van der Waals surface area contributed by atoms with Crippen molar-refractivity contribution in [3.05, 3.63) is 16.1 Å². The highest BCUT2D eigenvalue weighted by atomic mass is 32.1. The lowest BCUT2D eigenvalue weighted by molar-refractivity contribution is 0.136. The topological polar surface area (TPSA) is 22.1 Å². The zero-order valence-corrected chi connectivity index (χ0v) is 7.07. The molecule has 0 spiro atoms. The van der Waals surface area contributed by atoms with Crippen molar-refractivity contribution < 1.29 is 4.74 Å². The molecule has 0 aliphatic carbocycles. The van der Waals surface area contributed by atoms with Crippen molar-refractivity contribution in [3.8, 4) is 0 Å². The summed E-state index contributed by atoms with van der Waals surface area (Å²) in [7, 11) is 0. The Kier molecular flexibility index (Phi) is 2.83. The fourth-order valence-corrected chi connectivity index (χ4v) is 1.41. The van der Waals surface area contributed by atoms with E-state index in [9.17, 15) is 0 Å². The van der Waals surface area contributed by atoms with E-state index in [4.69, 9.17) is 4.74 Å². The Bertz CT molecular complexity index is 197. The third-order valence-corrected chi connectivity index (χ3v) is 2.00. The van der Waals surface area contributed by atoms with Crippen LogP contribution in [0.4, 0.5) is 0 Å². The van der Waals surface area contributed by atoms with Gasteiger partial charge in [0.1, 0.15) is 0 Å². The van der Waals surface area contributed by atoms with Crippen LogP contribution in [0.5, 0.6) is 0 Å². The smallest absolute Gasteiger partial charge is 0.0897 e. The maximum absolute atomic E-state index is 5.20. The molecule has 0 radical (unpaired) electrons. The molecule has 1 aromatic heterocycles. The first-order valence-electron chi connectivity index (χ1n) is 3.32. The van der Waals surface area contributed by atoms with Crippen LogP contribution in [0.25, 0.3) is 0 Å². The number of aromatic nitrogens is 1. The molecule has 0 amide bonds. The maximum Gasteiger partial charge on any atom is 0.0897 e. The molecule has 1 aromatic rings. The van der Waals surface area contributed by atoms with Gasteiger partial charge in [0, 0.05) is 12.8 Å². The molecule has 0 bridgehead atoms. The molecule has 10 heavy (non-hydrogen) atoms. The van der Waals surface area contributed by atoms with E-state index >= 15 is 0 Å². The summed E-state index contributed by atoms with van der Waals surface area (Å²) in [6, 6.07) is 0. The van der Waals surface area contributed by atoms with E-state index < -0.39 is 0 Å². The Balaban J connectivity index is 2.42. The van der Waals surface area contributed by atoms with E-state index in [2.05, 4.69) is 4.98 Å². The summed E-state index contributed by atoms with van der Waals surface area (Å²) in [5.74, 6) is 0. The molecule has 0 aliphatic heterocycles. The van der Waals surface area contributed by atoms with Crippen molar-refractivity contribution in [2.75, 3.05) is 6.61 Å². The van der Waals surface area contributed by atoms with Gasteiger partial charge in [0.2, 0.25) is 0 Å². The molecule has 0 saturated carbocycles. The molecule has 0 fully saturated rings. The van der Waals surface area contributed by atoms with Crippen LogP contribution in [-0.4, -0.2) is 11.6 Å². The van der Waals surface area contributed by atoms with E-state index in [1.807, 2.05) is 20.0 Å². The Morgan fingerprint density at radius 1 is 1.70 bits per heavy atom. The van der Waals surface area contributed by atoms with Gasteiger partial charge in [-0.2, -0.15) is 0 Å². The lowest BCUT2D eigenvalue weighted by atomic mass is 10.6. The second-order valence-corrected chi connectivity index (χ2v) is 3.30. The lowest BCUT2D eigenvalue weighted by Crippen LogP contribution is -1.87. The fourth-order valence-electron chi connectivity index (χ4n) is 0.675. The number of rotatable bonds is 3. The number of ether oxygens (including phenoxy) is 1. The first-order chi connectivity index (χ1) is 4.83. The number of nitrogens with zero attached hydrogens (tertiary/aromatic N) is 1. The Labute approximate surface area is 64.9 Å². The van der Waals surface area contributed by atoms with Crippen molar-refractivity contribution in [3.63, 3.8) is 0 Å². The molecular formula is C7H11NOS. The molecular weight excluding hydrogens is 146 g/mol. The third-order valence-electron chi connectivity index (χ3n) is 1.12. The van der Waals surface area contributed by atoms with Crippen molar-refractivity contribution in [2.24, 2.45) is 0 Å².